The first kappa shape index (κ1) is 12.8. The zero-order valence-corrected chi connectivity index (χ0v) is 11.3. The van der Waals surface area contributed by atoms with Crippen molar-refractivity contribution >= 4 is 5.95 Å². The third-order valence-corrected chi connectivity index (χ3v) is 3.59. The number of nitrogens with zero attached hydrogens (tertiary/aromatic N) is 2. The van der Waals surface area contributed by atoms with E-state index >= 15 is 0 Å². The van der Waals surface area contributed by atoms with Gasteiger partial charge in [-0.05, 0) is 30.4 Å². The lowest BCUT2D eigenvalue weighted by Crippen LogP contribution is -2.28. The van der Waals surface area contributed by atoms with Gasteiger partial charge in [-0.25, -0.2) is 4.98 Å². The van der Waals surface area contributed by atoms with Gasteiger partial charge >= 0.3 is 0 Å². The van der Waals surface area contributed by atoms with E-state index in [-0.39, 0.29) is 11.9 Å². The van der Waals surface area contributed by atoms with Crippen LogP contribution in [0.3, 0.4) is 0 Å². The molecule has 0 amide bonds. The average molecular weight is 273 g/mol. The third-order valence-electron chi connectivity index (χ3n) is 3.59. The Bertz CT molecular complexity index is 618. The monoisotopic (exact) mass is 273 g/mol. The van der Waals surface area contributed by atoms with Crippen molar-refractivity contribution in [1.29, 1.82) is 0 Å². The number of aryl methyl sites for hydroxylation is 1. The van der Waals surface area contributed by atoms with Crippen LogP contribution >= 0.6 is 0 Å². The summed E-state index contributed by atoms with van der Waals surface area (Å²) in [4.78, 5) is 7.98. The van der Waals surface area contributed by atoms with E-state index in [0.29, 0.717) is 5.95 Å². The van der Waals surface area contributed by atoms with E-state index in [2.05, 4.69) is 39.6 Å². The van der Waals surface area contributed by atoms with E-state index in [4.69, 9.17) is 4.74 Å². The molecule has 0 saturated heterocycles. The molecular formula is C15H16FN3O. The van der Waals surface area contributed by atoms with Crippen LogP contribution in [0.2, 0.25) is 0 Å². The number of methoxy groups -OCH3 is 1. The van der Waals surface area contributed by atoms with E-state index in [1.54, 1.807) is 0 Å². The van der Waals surface area contributed by atoms with Crippen LogP contribution in [-0.2, 0) is 12.8 Å². The van der Waals surface area contributed by atoms with Gasteiger partial charge in [-0.15, -0.1) is 0 Å². The van der Waals surface area contributed by atoms with Crippen molar-refractivity contribution in [1.82, 2.24) is 9.97 Å². The molecule has 0 bridgehead atoms. The quantitative estimate of drug-likeness (QED) is 0.933. The summed E-state index contributed by atoms with van der Waals surface area (Å²) in [6.45, 7) is 0. The number of hydrogen-bond donors (Lipinski definition) is 1. The smallest absolute Gasteiger partial charge is 0.255 e. The van der Waals surface area contributed by atoms with Crippen molar-refractivity contribution < 1.29 is 9.13 Å². The summed E-state index contributed by atoms with van der Waals surface area (Å²) in [6.07, 6.45) is 4.11. The number of anilines is 1. The van der Waals surface area contributed by atoms with Crippen LogP contribution in [0.15, 0.2) is 30.5 Å². The Hall–Kier alpha value is -2.17. The van der Waals surface area contributed by atoms with Crippen molar-refractivity contribution in [2.24, 2.45) is 0 Å². The standard InChI is InChI=1S/C15H16FN3O/c1-20-14-13(16)9-17-15(19-14)18-12-7-6-10-4-2-3-5-11(10)8-12/h2-5,9,12H,6-8H2,1H3,(H,17,18,19). The van der Waals surface area contributed by atoms with Crippen molar-refractivity contribution in [2.45, 2.75) is 25.3 Å². The van der Waals surface area contributed by atoms with Crippen LogP contribution in [0.5, 0.6) is 5.88 Å². The highest BCUT2D eigenvalue weighted by molar-refractivity contribution is 5.35. The molecule has 0 aliphatic heterocycles. The number of ether oxygens (including phenoxy) is 1. The van der Waals surface area contributed by atoms with Crippen LogP contribution in [0, 0.1) is 5.82 Å². The molecule has 20 heavy (non-hydrogen) atoms. The van der Waals surface area contributed by atoms with Gasteiger partial charge in [0.25, 0.3) is 5.88 Å². The van der Waals surface area contributed by atoms with Crippen LogP contribution in [0.4, 0.5) is 10.3 Å². The van der Waals surface area contributed by atoms with Gasteiger partial charge < -0.3 is 10.1 Å². The molecule has 4 nitrogen and oxygen atoms in total. The zero-order valence-electron chi connectivity index (χ0n) is 11.3. The summed E-state index contributed by atoms with van der Waals surface area (Å²) in [5, 5.41) is 3.25. The first-order chi connectivity index (χ1) is 9.76. The Morgan fingerprint density at radius 1 is 1.30 bits per heavy atom. The molecule has 5 heteroatoms. The van der Waals surface area contributed by atoms with Crippen molar-refractivity contribution in [3.63, 3.8) is 0 Å². The van der Waals surface area contributed by atoms with Gasteiger partial charge in [0.2, 0.25) is 11.8 Å². The molecule has 2 aromatic rings. The Morgan fingerprint density at radius 2 is 2.10 bits per heavy atom. The summed E-state index contributed by atoms with van der Waals surface area (Å²) < 4.78 is 18.1. The van der Waals surface area contributed by atoms with E-state index in [0.717, 1.165) is 25.5 Å². The first-order valence-electron chi connectivity index (χ1n) is 6.66. The largest absolute Gasteiger partial charge is 0.479 e. The van der Waals surface area contributed by atoms with Crippen molar-refractivity contribution in [2.75, 3.05) is 12.4 Å². The highest BCUT2D eigenvalue weighted by atomic mass is 19.1. The second kappa shape index (κ2) is 5.45. The van der Waals surface area contributed by atoms with E-state index in [1.165, 1.54) is 18.2 Å². The average Bonchev–Trinajstić information content (AvgIpc) is 2.49. The maximum Gasteiger partial charge on any atom is 0.255 e. The normalized spacial score (nSPS) is 17.4. The molecule has 1 aromatic carbocycles. The lowest BCUT2D eigenvalue weighted by atomic mass is 9.88. The number of nitrogens with one attached hydrogen (secondary N) is 1. The highest BCUT2D eigenvalue weighted by Gasteiger charge is 2.19. The number of rotatable bonds is 3. The summed E-state index contributed by atoms with van der Waals surface area (Å²) in [6, 6.07) is 8.71. The summed E-state index contributed by atoms with van der Waals surface area (Å²) in [5.74, 6) is -0.168. The second-order valence-corrected chi connectivity index (χ2v) is 4.90. The summed E-state index contributed by atoms with van der Waals surface area (Å²) in [7, 11) is 1.39. The van der Waals surface area contributed by atoms with Gasteiger partial charge in [0.1, 0.15) is 0 Å². The van der Waals surface area contributed by atoms with E-state index in [9.17, 15) is 4.39 Å². The van der Waals surface area contributed by atoms with E-state index < -0.39 is 5.82 Å². The predicted octanol–water partition coefficient (Wildman–Crippen LogP) is 2.59. The minimum absolute atomic E-state index is 0.0290. The minimum Gasteiger partial charge on any atom is -0.479 e. The molecule has 1 aliphatic rings. The molecule has 1 heterocycles. The zero-order chi connectivity index (χ0) is 13.9. The predicted molar refractivity (Wildman–Crippen MR) is 74.4 cm³/mol. The maximum absolute atomic E-state index is 13.3. The third kappa shape index (κ3) is 2.57. The number of halogens is 1. The fraction of sp³-hybridized carbons (Fsp3) is 0.333. The lowest BCUT2D eigenvalue weighted by Gasteiger charge is -2.25. The number of benzene rings is 1. The minimum atomic E-state index is -0.549. The van der Waals surface area contributed by atoms with Crippen molar-refractivity contribution in [3.8, 4) is 5.88 Å². The van der Waals surface area contributed by atoms with Gasteiger partial charge in [-0.3, -0.25) is 0 Å². The van der Waals surface area contributed by atoms with Crippen LogP contribution in [0.25, 0.3) is 0 Å². The van der Waals surface area contributed by atoms with Gasteiger partial charge in [-0.1, -0.05) is 24.3 Å². The molecule has 1 aliphatic carbocycles. The van der Waals surface area contributed by atoms with Gasteiger partial charge in [0, 0.05) is 6.04 Å². The topological polar surface area (TPSA) is 47.0 Å². The molecule has 0 saturated carbocycles. The van der Waals surface area contributed by atoms with Gasteiger partial charge in [-0.2, -0.15) is 9.37 Å². The number of fused-ring (bicyclic) bond motifs is 1. The molecular weight excluding hydrogens is 257 g/mol. The van der Waals surface area contributed by atoms with Crippen LogP contribution in [-0.4, -0.2) is 23.1 Å². The van der Waals surface area contributed by atoms with Crippen molar-refractivity contribution in [3.05, 3.63) is 47.4 Å². The molecule has 0 fully saturated rings. The molecule has 0 spiro atoms. The van der Waals surface area contributed by atoms with Crippen LogP contribution < -0.4 is 10.1 Å². The fourth-order valence-corrected chi connectivity index (χ4v) is 2.57. The van der Waals surface area contributed by atoms with Gasteiger partial charge in [0.05, 0.1) is 13.3 Å². The maximum atomic E-state index is 13.3. The molecule has 104 valence electrons. The molecule has 1 atom stereocenters. The second-order valence-electron chi connectivity index (χ2n) is 4.90. The number of aromatic nitrogens is 2. The molecule has 1 aromatic heterocycles. The molecule has 1 unspecified atom stereocenters. The molecule has 0 radical (unpaired) electrons. The Balaban J connectivity index is 1.73. The number of hydrogen-bond acceptors (Lipinski definition) is 4. The van der Waals surface area contributed by atoms with Gasteiger partial charge in [0.15, 0.2) is 0 Å². The Kier molecular flexibility index (Phi) is 3.50. The lowest BCUT2D eigenvalue weighted by molar-refractivity contribution is 0.367. The first-order valence-corrected chi connectivity index (χ1v) is 6.66. The Labute approximate surface area is 117 Å². The van der Waals surface area contributed by atoms with Crippen LogP contribution in [0.1, 0.15) is 17.5 Å². The Morgan fingerprint density at radius 3 is 2.90 bits per heavy atom. The molecule has 3 rings (SSSR count). The fourth-order valence-electron chi connectivity index (χ4n) is 2.57. The highest BCUT2D eigenvalue weighted by Crippen LogP contribution is 2.23. The molecule has 1 N–H and O–H groups in total. The SMILES string of the molecule is COc1nc(NC2CCc3ccccc3C2)ncc1F. The summed E-state index contributed by atoms with van der Waals surface area (Å²) >= 11 is 0. The summed E-state index contributed by atoms with van der Waals surface area (Å²) in [5.41, 5.74) is 2.76. The van der Waals surface area contributed by atoms with E-state index in [1.807, 2.05) is 0 Å².